The summed E-state index contributed by atoms with van der Waals surface area (Å²) in [6, 6.07) is 4.24. The van der Waals surface area contributed by atoms with E-state index in [0.717, 1.165) is 0 Å². The molecule has 0 radical (unpaired) electrons. The number of anilines is 1. The van der Waals surface area contributed by atoms with E-state index in [2.05, 4.69) is 25.0 Å². The van der Waals surface area contributed by atoms with Crippen LogP contribution in [-0.4, -0.2) is 32.7 Å². The van der Waals surface area contributed by atoms with Gasteiger partial charge in [-0.3, -0.25) is 4.79 Å². The number of carbonyl (C=O) groups excluding carboxylic acids is 1. The van der Waals surface area contributed by atoms with E-state index in [-0.39, 0.29) is 29.2 Å². The molecule has 7 nitrogen and oxygen atoms in total. The van der Waals surface area contributed by atoms with Crippen LogP contribution >= 0.6 is 11.8 Å². The standard InChI is InChI=1S/C14H14F2N4O3S/c1-8(2)20-7-17-19-13(20)24-6-12(21)18-9-3-4-10-11(5-9)23-14(15,16)22-10/h3-5,7-8H,6H2,1-2H3,(H,18,21). The summed E-state index contributed by atoms with van der Waals surface area (Å²) in [6.45, 7) is 3.96. The Morgan fingerprint density at radius 3 is 2.88 bits per heavy atom. The highest BCUT2D eigenvalue weighted by Crippen LogP contribution is 2.42. The zero-order chi connectivity index (χ0) is 17.3. The summed E-state index contributed by atoms with van der Waals surface area (Å²) in [6.07, 6.45) is -2.08. The predicted molar refractivity (Wildman–Crippen MR) is 82.4 cm³/mol. The van der Waals surface area contributed by atoms with Gasteiger partial charge < -0.3 is 19.4 Å². The van der Waals surface area contributed by atoms with Gasteiger partial charge in [0.15, 0.2) is 16.7 Å². The summed E-state index contributed by atoms with van der Waals surface area (Å²) in [5.41, 5.74) is 0.339. The lowest BCUT2D eigenvalue weighted by atomic mass is 10.3. The molecule has 1 aromatic heterocycles. The van der Waals surface area contributed by atoms with E-state index in [9.17, 15) is 13.6 Å². The molecule has 1 N–H and O–H groups in total. The van der Waals surface area contributed by atoms with Crippen molar-refractivity contribution in [3.63, 3.8) is 0 Å². The van der Waals surface area contributed by atoms with Crippen molar-refractivity contribution < 1.29 is 23.0 Å². The van der Waals surface area contributed by atoms with Crippen LogP contribution in [0, 0.1) is 0 Å². The number of benzene rings is 1. The smallest absolute Gasteiger partial charge is 0.395 e. The quantitative estimate of drug-likeness (QED) is 0.830. The molecule has 0 unspecified atom stereocenters. The molecule has 24 heavy (non-hydrogen) atoms. The van der Waals surface area contributed by atoms with E-state index >= 15 is 0 Å². The Labute approximate surface area is 140 Å². The zero-order valence-corrected chi connectivity index (χ0v) is 13.6. The summed E-state index contributed by atoms with van der Waals surface area (Å²) in [4.78, 5) is 12.0. The number of alkyl halides is 2. The second-order valence-corrected chi connectivity index (χ2v) is 6.22. The van der Waals surface area contributed by atoms with Crippen molar-refractivity contribution in [1.29, 1.82) is 0 Å². The van der Waals surface area contributed by atoms with Crippen molar-refractivity contribution >= 4 is 23.4 Å². The number of halogens is 2. The number of nitrogens with zero attached hydrogens (tertiary/aromatic N) is 3. The fraction of sp³-hybridized carbons (Fsp3) is 0.357. The molecular formula is C14H14F2N4O3S. The van der Waals surface area contributed by atoms with E-state index in [4.69, 9.17) is 0 Å². The number of nitrogens with one attached hydrogen (secondary N) is 1. The average Bonchev–Trinajstić information content (AvgIpc) is 3.07. The minimum Gasteiger partial charge on any atom is -0.395 e. The molecule has 1 aromatic carbocycles. The van der Waals surface area contributed by atoms with E-state index in [1.54, 1.807) is 6.33 Å². The van der Waals surface area contributed by atoms with Gasteiger partial charge in [0.2, 0.25) is 5.91 Å². The van der Waals surface area contributed by atoms with Crippen LogP contribution in [-0.2, 0) is 4.79 Å². The molecule has 128 valence electrons. The third-order valence-electron chi connectivity index (χ3n) is 3.11. The number of fused-ring (bicyclic) bond motifs is 1. The summed E-state index contributed by atoms with van der Waals surface area (Å²) < 4.78 is 36.4. The largest absolute Gasteiger partial charge is 0.586 e. The van der Waals surface area contributed by atoms with Crippen molar-refractivity contribution in [2.24, 2.45) is 0 Å². The molecule has 0 spiro atoms. The van der Waals surface area contributed by atoms with E-state index in [0.29, 0.717) is 10.8 Å². The highest BCUT2D eigenvalue weighted by Gasteiger charge is 2.43. The number of amides is 1. The Kier molecular flexibility index (Phi) is 4.31. The highest BCUT2D eigenvalue weighted by molar-refractivity contribution is 7.99. The summed E-state index contributed by atoms with van der Waals surface area (Å²) in [7, 11) is 0. The molecule has 0 saturated heterocycles. The third kappa shape index (κ3) is 3.58. The SMILES string of the molecule is CC(C)n1cnnc1SCC(=O)Nc1ccc2c(c1)OC(F)(F)O2. The number of thioether (sulfide) groups is 1. The maximum atomic E-state index is 13.0. The van der Waals surface area contributed by atoms with Crippen molar-refractivity contribution in [2.45, 2.75) is 31.3 Å². The first-order chi connectivity index (χ1) is 11.3. The van der Waals surface area contributed by atoms with Gasteiger partial charge in [-0.05, 0) is 26.0 Å². The molecule has 2 aromatic rings. The molecule has 1 aliphatic heterocycles. The molecule has 0 atom stereocenters. The van der Waals surface area contributed by atoms with Crippen molar-refractivity contribution in [2.75, 3.05) is 11.1 Å². The first-order valence-corrected chi connectivity index (χ1v) is 8.05. The van der Waals surface area contributed by atoms with Gasteiger partial charge in [0, 0.05) is 17.8 Å². The van der Waals surface area contributed by atoms with Crippen LogP contribution in [0.5, 0.6) is 11.5 Å². The van der Waals surface area contributed by atoms with Gasteiger partial charge in [0.05, 0.1) is 5.75 Å². The lowest BCUT2D eigenvalue weighted by Crippen LogP contribution is -2.25. The van der Waals surface area contributed by atoms with Crippen LogP contribution in [0.25, 0.3) is 0 Å². The molecule has 1 amide bonds. The Morgan fingerprint density at radius 2 is 2.12 bits per heavy atom. The molecule has 0 bridgehead atoms. The number of ether oxygens (including phenoxy) is 2. The van der Waals surface area contributed by atoms with Crippen LogP contribution in [0.15, 0.2) is 29.7 Å². The van der Waals surface area contributed by atoms with Crippen molar-refractivity contribution in [1.82, 2.24) is 14.8 Å². The van der Waals surface area contributed by atoms with E-state index in [1.807, 2.05) is 18.4 Å². The van der Waals surface area contributed by atoms with Crippen LogP contribution in [0.2, 0.25) is 0 Å². The van der Waals surface area contributed by atoms with Crippen LogP contribution in [0.3, 0.4) is 0 Å². The predicted octanol–water partition coefficient (Wildman–Crippen LogP) is 2.91. The molecule has 10 heteroatoms. The van der Waals surface area contributed by atoms with Crippen LogP contribution in [0.1, 0.15) is 19.9 Å². The van der Waals surface area contributed by atoms with Gasteiger partial charge in [0.1, 0.15) is 6.33 Å². The van der Waals surface area contributed by atoms with Crippen molar-refractivity contribution in [3.8, 4) is 11.5 Å². The second-order valence-electron chi connectivity index (χ2n) is 5.28. The molecule has 1 aliphatic rings. The maximum absolute atomic E-state index is 13.0. The fourth-order valence-corrected chi connectivity index (χ4v) is 2.89. The first kappa shape index (κ1) is 16.5. The fourth-order valence-electron chi connectivity index (χ4n) is 2.04. The maximum Gasteiger partial charge on any atom is 0.586 e. The van der Waals surface area contributed by atoms with E-state index in [1.165, 1.54) is 30.0 Å². The van der Waals surface area contributed by atoms with Gasteiger partial charge in [-0.2, -0.15) is 0 Å². The number of aromatic nitrogens is 3. The molecule has 3 rings (SSSR count). The lowest BCUT2D eigenvalue weighted by molar-refractivity contribution is -0.286. The molecule has 0 saturated carbocycles. The minimum atomic E-state index is -3.68. The van der Waals surface area contributed by atoms with Gasteiger partial charge in [0.25, 0.3) is 0 Å². The highest BCUT2D eigenvalue weighted by atomic mass is 32.2. The lowest BCUT2D eigenvalue weighted by Gasteiger charge is -2.09. The number of hydrogen-bond donors (Lipinski definition) is 1. The Hall–Kier alpha value is -2.36. The Balaban J connectivity index is 1.59. The zero-order valence-electron chi connectivity index (χ0n) is 12.8. The normalized spacial score (nSPS) is 14.9. The summed E-state index contributed by atoms with van der Waals surface area (Å²) in [5.74, 6) is -0.387. The molecular weight excluding hydrogens is 342 g/mol. The topological polar surface area (TPSA) is 78.3 Å². The number of hydrogen-bond acceptors (Lipinski definition) is 6. The van der Waals surface area contributed by atoms with E-state index < -0.39 is 6.29 Å². The Bertz CT molecular complexity index is 766. The van der Waals surface area contributed by atoms with Gasteiger partial charge in [-0.15, -0.1) is 19.0 Å². The third-order valence-corrected chi connectivity index (χ3v) is 4.07. The van der Waals surface area contributed by atoms with Gasteiger partial charge in [-0.25, -0.2) is 0 Å². The van der Waals surface area contributed by atoms with Gasteiger partial charge >= 0.3 is 6.29 Å². The van der Waals surface area contributed by atoms with Crippen molar-refractivity contribution in [3.05, 3.63) is 24.5 Å². The summed E-state index contributed by atoms with van der Waals surface area (Å²) in [5, 5.41) is 11.0. The number of carbonyl (C=O) groups is 1. The van der Waals surface area contributed by atoms with Crippen LogP contribution in [0.4, 0.5) is 14.5 Å². The molecule has 2 heterocycles. The molecule has 0 aliphatic carbocycles. The van der Waals surface area contributed by atoms with Gasteiger partial charge in [-0.1, -0.05) is 11.8 Å². The average molecular weight is 356 g/mol. The molecule has 0 fully saturated rings. The first-order valence-electron chi connectivity index (χ1n) is 7.06. The minimum absolute atomic E-state index is 0.0718. The van der Waals surface area contributed by atoms with Crippen LogP contribution < -0.4 is 14.8 Å². The second kappa shape index (κ2) is 6.27. The Morgan fingerprint density at radius 1 is 1.38 bits per heavy atom. The number of rotatable bonds is 5. The summed E-state index contributed by atoms with van der Waals surface area (Å²) >= 11 is 1.24. The monoisotopic (exact) mass is 356 g/mol.